The molecule has 0 aromatic carbocycles. The SMILES string of the molecule is CCCNCC1CCCN(S(=O)(=O)CCC(C)(C)C)C1. The van der Waals surface area contributed by atoms with E-state index in [2.05, 4.69) is 33.0 Å². The van der Waals surface area contributed by atoms with Crippen molar-refractivity contribution >= 4 is 10.0 Å². The number of hydrogen-bond donors (Lipinski definition) is 1. The summed E-state index contributed by atoms with van der Waals surface area (Å²) in [7, 11) is -3.07. The van der Waals surface area contributed by atoms with Crippen LogP contribution in [-0.2, 0) is 10.0 Å². The molecule has 1 saturated heterocycles. The maximum Gasteiger partial charge on any atom is 0.214 e. The Hall–Kier alpha value is -0.130. The molecule has 120 valence electrons. The van der Waals surface area contributed by atoms with Gasteiger partial charge in [-0.05, 0) is 50.1 Å². The van der Waals surface area contributed by atoms with E-state index < -0.39 is 10.0 Å². The largest absolute Gasteiger partial charge is 0.316 e. The summed E-state index contributed by atoms with van der Waals surface area (Å²) in [4.78, 5) is 0. The van der Waals surface area contributed by atoms with E-state index in [0.29, 0.717) is 19.0 Å². The van der Waals surface area contributed by atoms with Crippen molar-refractivity contribution in [2.75, 3.05) is 31.9 Å². The van der Waals surface area contributed by atoms with Crippen LogP contribution in [0.2, 0.25) is 0 Å². The zero-order chi connectivity index (χ0) is 15.2. The predicted octanol–water partition coefficient (Wildman–Crippen LogP) is 2.46. The molecule has 0 aromatic heterocycles. The van der Waals surface area contributed by atoms with Gasteiger partial charge in [0.25, 0.3) is 0 Å². The molecule has 1 atom stereocenters. The molecular formula is C15H32N2O2S. The lowest BCUT2D eigenvalue weighted by atomic mass is 9.94. The number of sulfonamides is 1. The summed E-state index contributed by atoms with van der Waals surface area (Å²) >= 11 is 0. The molecule has 5 heteroatoms. The number of hydrogen-bond acceptors (Lipinski definition) is 3. The average molecular weight is 305 g/mol. The van der Waals surface area contributed by atoms with Crippen LogP contribution < -0.4 is 5.32 Å². The molecule has 0 bridgehead atoms. The first-order valence-electron chi connectivity index (χ1n) is 7.93. The van der Waals surface area contributed by atoms with E-state index in [4.69, 9.17) is 0 Å². The van der Waals surface area contributed by atoms with Crippen LogP contribution in [0.15, 0.2) is 0 Å². The van der Waals surface area contributed by atoms with Crippen molar-refractivity contribution in [1.82, 2.24) is 9.62 Å². The number of rotatable bonds is 7. The third kappa shape index (κ3) is 6.55. The van der Waals surface area contributed by atoms with E-state index in [0.717, 1.165) is 38.8 Å². The van der Waals surface area contributed by atoms with Crippen LogP contribution in [0.4, 0.5) is 0 Å². The molecule has 0 radical (unpaired) electrons. The van der Waals surface area contributed by atoms with Crippen molar-refractivity contribution in [3.63, 3.8) is 0 Å². The molecule has 1 N–H and O–H groups in total. The molecule has 0 spiro atoms. The van der Waals surface area contributed by atoms with Crippen LogP contribution in [0.1, 0.15) is 53.4 Å². The van der Waals surface area contributed by atoms with Gasteiger partial charge in [0, 0.05) is 13.1 Å². The highest BCUT2D eigenvalue weighted by Crippen LogP contribution is 2.23. The van der Waals surface area contributed by atoms with Gasteiger partial charge in [-0.2, -0.15) is 0 Å². The summed E-state index contributed by atoms with van der Waals surface area (Å²) in [5.74, 6) is 0.755. The van der Waals surface area contributed by atoms with E-state index in [-0.39, 0.29) is 11.2 Å². The second kappa shape index (κ2) is 7.76. The van der Waals surface area contributed by atoms with Gasteiger partial charge in [0.05, 0.1) is 5.75 Å². The van der Waals surface area contributed by atoms with E-state index in [9.17, 15) is 8.42 Å². The molecule has 0 saturated carbocycles. The molecule has 4 nitrogen and oxygen atoms in total. The van der Waals surface area contributed by atoms with Crippen LogP contribution in [-0.4, -0.2) is 44.7 Å². The Balaban J connectivity index is 2.48. The Kier molecular flexibility index (Phi) is 6.95. The minimum Gasteiger partial charge on any atom is -0.316 e. The van der Waals surface area contributed by atoms with Gasteiger partial charge in [0.2, 0.25) is 10.0 Å². The standard InChI is InChI=1S/C15H32N2O2S/c1-5-9-16-12-14-7-6-10-17(13-14)20(18,19)11-8-15(2,3)4/h14,16H,5-13H2,1-4H3. The minimum atomic E-state index is -3.07. The summed E-state index contributed by atoms with van der Waals surface area (Å²) in [6.45, 7) is 11.8. The van der Waals surface area contributed by atoms with Gasteiger partial charge in [-0.25, -0.2) is 12.7 Å². The van der Waals surface area contributed by atoms with Crippen LogP contribution in [0.3, 0.4) is 0 Å². The zero-order valence-corrected chi connectivity index (χ0v) is 14.4. The summed E-state index contributed by atoms with van der Waals surface area (Å²) in [5, 5.41) is 3.41. The first-order chi connectivity index (χ1) is 9.24. The highest BCUT2D eigenvalue weighted by Gasteiger charge is 2.29. The molecule has 0 amide bonds. The molecule has 1 fully saturated rings. The molecule has 1 aliphatic heterocycles. The molecular weight excluding hydrogens is 272 g/mol. The van der Waals surface area contributed by atoms with Crippen molar-refractivity contribution in [3.05, 3.63) is 0 Å². The van der Waals surface area contributed by atoms with E-state index in [1.807, 2.05) is 0 Å². The van der Waals surface area contributed by atoms with E-state index >= 15 is 0 Å². The molecule has 1 aliphatic rings. The molecule has 1 heterocycles. The average Bonchev–Trinajstić information content (AvgIpc) is 2.37. The third-order valence-electron chi connectivity index (χ3n) is 3.84. The van der Waals surface area contributed by atoms with Gasteiger partial charge in [-0.3, -0.25) is 0 Å². The fourth-order valence-corrected chi connectivity index (χ4v) is 4.47. The highest BCUT2D eigenvalue weighted by atomic mass is 32.2. The normalized spacial score (nSPS) is 22.1. The second-order valence-electron chi connectivity index (χ2n) is 7.20. The maximum atomic E-state index is 12.4. The van der Waals surface area contributed by atoms with Crippen molar-refractivity contribution in [1.29, 1.82) is 0 Å². The van der Waals surface area contributed by atoms with Gasteiger partial charge >= 0.3 is 0 Å². The van der Waals surface area contributed by atoms with Crippen LogP contribution in [0.5, 0.6) is 0 Å². The Bertz CT molecular complexity index is 374. The van der Waals surface area contributed by atoms with Crippen molar-refractivity contribution in [2.24, 2.45) is 11.3 Å². The topological polar surface area (TPSA) is 49.4 Å². The second-order valence-corrected chi connectivity index (χ2v) is 9.29. The first-order valence-corrected chi connectivity index (χ1v) is 9.54. The Morgan fingerprint density at radius 3 is 2.60 bits per heavy atom. The Labute approximate surface area is 125 Å². The van der Waals surface area contributed by atoms with Crippen LogP contribution >= 0.6 is 0 Å². The first kappa shape index (κ1) is 17.9. The molecule has 0 aromatic rings. The number of nitrogens with one attached hydrogen (secondary N) is 1. The molecule has 0 aliphatic carbocycles. The lowest BCUT2D eigenvalue weighted by Crippen LogP contribution is -2.44. The summed E-state index contributed by atoms with van der Waals surface area (Å²) in [6, 6.07) is 0. The fraction of sp³-hybridized carbons (Fsp3) is 1.00. The third-order valence-corrected chi connectivity index (χ3v) is 5.68. The van der Waals surface area contributed by atoms with Gasteiger partial charge in [-0.1, -0.05) is 27.7 Å². The summed E-state index contributed by atoms with van der Waals surface area (Å²) < 4.78 is 26.5. The monoisotopic (exact) mass is 304 g/mol. The lowest BCUT2D eigenvalue weighted by Gasteiger charge is -2.32. The fourth-order valence-electron chi connectivity index (χ4n) is 2.49. The van der Waals surface area contributed by atoms with Crippen molar-refractivity contribution in [3.8, 4) is 0 Å². The lowest BCUT2D eigenvalue weighted by molar-refractivity contribution is 0.259. The molecule has 1 unspecified atom stereocenters. The zero-order valence-electron chi connectivity index (χ0n) is 13.6. The number of piperidine rings is 1. The maximum absolute atomic E-state index is 12.4. The Morgan fingerprint density at radius 2 is 2.00 bits per heavy atom. The van der Waals surface area contributed by atoms with Crippen molar-refractivity contribution in [2.45, 2.75) is 53.4 Å². The van der Waals surface area contributed by atoms with Crippen molar-refractivity contribution < 1.29 is 8.42 Å². The number of nitrogens with zero attached hydrogens (tertiary/aromatic N) is 1. The molecule has 1 rings (SSSR count). The Morgan fingerprint density at radius 1 is 1.30 bits per heavy atom. The predicted molar refractivity (Wildman–Crippen MR) is 85.3 cm³/mol. The van der Waals surface area contributed by atoms with Gasteiger partial charge in [-0.15, -0.1) is 0 Å². The highest BCUT2D eigenvalue weighted by molar-refractivity contribution is 7.89. The van der Waals surface area contributed by atoms with Gasteiger partial charge in [0.15, 0.2) is 0 Å². The summed E-state index contributed by atoms with van der Waals surface area (Å²) in [5.41, 5.74) is 0.0743. The summed E-state index contributed by atoms with van der Waals surface area (Å²) in [6.07, 6.45) is 3.99. The molecule has 20 heavy (non-hydrogen) atoms. The minimum absolute atomic E-state index is 0.0743. The van der Waals surface area contributed by atoms with Gasteiger partial charge in [0.1, 0.15) is 0 Å². The smallest absolute Gasteiger partial charge is 0.214 e. The van der Waals surface area contributed by atoms with E-state index in [1.165, 1.54) is 0 Å². The quantitative estimate of drug-likeness (QED) is 0.735. The van der Waals surface area contributed by atoms with Gasteiger partial charge < -0.3 is 5.32 Å². The van der Waals surface area contributed by atoms with Crippen LogP contribution in [0, 0.1) is 11.3 Å². The van der Waals surface area contributed by atoms with E-state index in [1.54, 1.807) is 4.31 Å². The van der Waals surface area contributed by atoms with Crippen LogP contribution in [0.25, 0.3) is 0 Å².